The van der Waals surface area contributed by atoms with Gasteiger partial charge in [0, 0.05) is 62.9 Å². The molecule has 3 N–H and O–H groups in total. The Hall–Kier alpha value is -2.89. The van der Waals surface area contributed by atoms with Gasteiger partial charge < -0.3 is 35.0 Å². The summed E-state index contributed by atoms with van der Waals surface area (Å²) < 4.78 is 11.9. The first-order valence-electron chi connectivity index (χ1n) is 15.5. The highest BCUT2D eigenvalue weighted by Crippen LogP contribution is 2.29. The number of amides is 4. The topological polar surface area (TPSA) is 124 Å². The molecule has 4 rings (SSSR count). The number of hydrogen-bond acceptors (Lipinski definition) is 7. The number of urea groups is 1. The van der Waals surface area contributed by atoms with Gasteiger partial charge in [0.2, 0.25) is 11.8 Å². The fourth-order valence-electron chi connectivity index (χ4n) is 5.92. The van der Waals surface area contributed by atoms with Gasteiger partial charge in [0.1, 0.15) is 11.9 Å². The third kappa shape index (κ3) is 9.05. The van der Waals surface area contributed by atoms with Crippen LogP contribution >= 0.6 is 0 Å². The lowest BCUT2D eigenvalue weighted by Gasteiger charge is -2.34. The summed E-state index contributed by atoms with van der Waals surface area (Å²) in [6, 6.07) is 5.11. The van der Waals surface area contributed by atoms with Crippen LogP contribution in [0, 0.1) is 5.92 Å². The molecule has 0 unspecified atom stereocenters. The number of aliphatic hydroxyl groups is 1. The first kappa shape index (κ1) is 32.0. The minimum absolute atomic E-state index is 0.0780. The van der Waals surface area contributed by atoms with Crippen molar-refractivity contribution in [2.45, 2.75) is 77.0 Å². The van der Waals surface area contributed by atoms with E-state index < -0.39 is 0 Å². The van der Waals surface area contributed by atoms with Crippen molar-refractivity contribution in [3.05, 3.63) is 23.8 Å². The first-order valence-corrected chi connectivity index (χ1v) is 15.5. The Labute approximate surface area is 249 Å². The van der Waals surface area contributed by atoms with Crippen molar-refractivity contribution in [2.75, 3.05) is 64.9 Å². The molecular formula is C31H49N5O6. The van der Waals surface area contributed by atoms with E-state index in [0.717, 1.165) is 38.8 Å². The molecule has 0 spiro atoms. The summed E-state index contributed by atoms with van der Waals surface area (Å²) >= 11 is 0. The van der Waals surface area contributed by atoms with Crippen molar-refractivity contribution in [3.8, 4) is 5.75 Å². The molecule has 0 bridgehead atoms. The van der Waals surface area contributed by atoms with Crippen molar-refractivity contribution in [1.29, 1.82) is 0 Å². The monoisotopic (exact) mass is 587 g/mol. The quantitative estimate of drug-likeness (QED) is 0.406. The highest BCUT2D eigenvalue weighted by Gasteiger charge is 2.32. The van der Waals surface area contributed by atoms with Gasteiger partial charge in [-0.1, -0.05) is 26.2 Å². The molecule has 1 saturated carbocycles. The van der Waals surface area contributed by atoms with E-state index >= 15 is 0 Å². The maximum Gasteiger partial charge on any atom is 0.317 e. The summed E-state index contributed by atoms with van der Waals surface area (Å²) in [5.41, 5.74) is 1.27. The Morgan fingerprint density at radius 2 is 1.90 bits per heavy atom. The zero-order valence-electron chi connectivity index (χ0n) is 25.5. The minimum Gasteiger partial charge on any atom is -0.488 e. The normalized spacial score (nSPS) is 23.0. The summed E-state index contributed by atoms with van der Waals surface area (Å²) in [4.78, 5) is 44.8. The number of nitrogens with zero attached hydrogens (tertiary/aromatic N) is 3. The standard InChI is InChI=1S/C31H49N5O6/c1-22-19-36(23(2)21-37)30(39)18-24-17-26(32-29(38)11-12-35-13-15-41-16-14-35)9-10-27(24)42-28(22)20-34(3)31(40)33-25-7-5-4-6-8-25/h9-10,17,22-23,25,28,37H,4-8,11-16,18-21H2,1-3H3,(H,32,38)(H,33,40)/t22-,23+,28-/m1/s1. The summed E-state index contributed by atoms with van der Waals surface area (Å²) in [5.74, 6) is 0.238. The number of nitrogens with one attached hydrogen (secondary N) is 2. The largest absolute Gasteiger partial charge is 0.488 e. The molecule has 2 aliphatic heterocycles. The van der Waals surface area contributed by atoms with Gasteiger partial charge >= 0.3 is 6.03 Å². The van der Waals surface area contributed by atoms with Gasteiger partial charge in [-0.15, -0.1) is 0 Å². The zero-order chi connectivity index (χ0) is 30.1. The van der Waals surface area contributed by atoms with Crippen molar-refractivity contribution in [1.82, 2.24) is 20.0 Å². The Balaban J connectivity index is 1.48. The number of hydrogen-bond donors (Lipinski definition) is 3. The van der Waals surface area contributed by atoms with Crippen molar-refractivity contribution < 1.29 is 29.0 Å². The summed E-state index contributed by atoms with van der Waals surface area (Å²) in [5, 5.41) is 16.0. The Morgan fingerprint density at radius 3 is 2.62 bits per heavy atom. The molecule has 2 fully saturated rings. The molecule has 0 aromatic heterocycles. The number of morpholine rings is 1. The maximum atomic E-state index is 13.5. The summed E-state index contributed by atoms with van der Waals surface area (Å²) in [7, 11) is 1.77. The van der Waals surface area contributed by atoms with Crippen LogP contribution in [0.15, 0.2) is 18.2 Å². The molecule has 3 aliphatic rings. The molecule has 1 aromatic carbocycles. The highest BCUT2D eigenvalue weighted by molar-refractivity contribution is 5.91. The van der Waals surface area contributed by atoms with Crippen molar-refractivity contribution >= 4 is 23.5 Å². The zero-order valence-corrected chi connectivity index (χ0v) is 25.5. The van der Waals surface area contributed by atoms with E-state index in [9.17, 15) is 19.5 Å². The number of rotatable bonds is 9. The Kier molecular flexibility index (Phi) is 11.9. The third-order valence-corrected chi connectivity index (χ3v) is 8.69. The second-order valence-electron chi connectivity index (χ2n) is 12.1. The second kappa shape index (κ2) is 15.5. The van der Waals surface area contributed by atoms with E-state index in [1.807, 2.05) is 13.8 Å². The van der Waals surface area contributed by atoms with Gasteiger partial charge in [-0.2, -0.15) is 0 Å². The van der Waals surface area contributed by atoms with Gasteiger partial charge in [0.25, 0.3) is 0 Å². The average Bonchev–Trinajstić information content (AvgIpc) is 3.04. The SMILES string of the molecule is C[C@@H]1CN([C@@H](C)CO)C(=O)Cc2cc(NC(=O)CCN3CCOCC3)ccc2O[C@@H]1CN(C)C(=O)NC1CCCCC1. The molecule has 11 nitrogen and oxygen atoms in total. The highest BCUT2D eigenvalue weighted by atomic mass is 16.5. The molecule has 11 heteroatoms. The number of ether oxygens (including phenoxy) is 2. The number of fused-ring (bicyclic) bond motifs is 1. The Bertz CT molecular complexity index is 1060. The lowest BCUT2D eigenvalue weighted by Crippen LogP contribution is -2.50. The van der Waals surface area contributed by atoms with Crippen LogP contribution in [0.3, 0.4) is 0 Å². The third-order valence-electron chi connectivity index (χ3n) is 8.69. The van der Waals surface area contributed by atoms with E-state index in [-0.39, 0.29) is 55.0 Å². The molecule has 1 aromatic rings. The molecular weight excluding hydrogens is 538 g/mol. The van der Waals surface area contributed by atoms with Crippen LogP contribution < -0.4 is 15.4 Å². The van der Waals surface area contributed by atoms with Crippen LogP contribution in [-0.4, -0.2) is 115 Å². The van der Waals surface area contributed by atoms with E-state index in [1.54, 1.807) is 35.0 Å². The van der Waals surface area contributed by atoms with Crippen LogP contribution in [0.2, 0.25) is 0 Å². The van der Waals surface area contributed by atoms with Crippen LogP contribution in [0.4, 0.5) is 10.5 Å². The van der Waals surface area contributed by atoms with E-state index in [4.69, 9.17) is 9.47 Å². The molecule has 2 heterocycles. The van der Waals surface area contributed by atoms with Gasteiger partial charge in [-0.25, -0.2) is 4.79 Å². The van der Waals surface area contributed by atoms with E-state index in [0.29, 0.717) is 56.3 Å². The molecule has 4 amide bonds. The summed E-state index contributed by atoms with van der Waals surface area (Å²) in [6.45, 7) is 8.11. The molecule has 42 heavy (non-hydrogen) atoms. The fourth-order valence-corrected chi connectivity index (χ4v) is 5.92. The number of anilines is 1. The second-order valence-corrected chi connectivity index (χ2v) is 12.1. The number of benzene rings is 1. The van der Waals surface area contributed by atoms with Crippen molar-refractivity contribution in [2.24, 2.45) is 5.92 Å². The number of likely N-dealkylation sites (N-methyl/N-ethyl adjacent to an activating group) is 1. The molecule has 3 atom stereocenters. The van der Waals surface area contributed by atoms with Crippen LogP contribution in [0.1, 0.15) is 57.9 Å². The van der Waals surface area contributed by atoms with Gasteiger partial charge in [-0.3, -0.25) is 14.5 Å². The lowest BCUT2D eigenvalue weighted by molar-refractivity contribution is -0.134. The van der Waals surface area contributed by atoms with Crippen LogP contribution in [-0.2, 0) is 20.7 Å². The van der Waals surface area contributed by atoms with E-state index in [1.165, 1.54) is 6.42 Å². The predicted octanol–water partition coefficient (Wildman–Crippen LogP) is 2.47. The van der Waals surface area contributed by atoms with Crippen LogP contribution in [0.5, 0.6) is 5.75 Å². The molecule has 234 valence electrons. The maximum absolute atomic E-state index is 13.5. The van der Waals surface area contributed by atoms with E-state index in [2.05, 4.69) is 15.5 Å². The summed E-state index contributed by atoms with van der Waals surface area (Å²) in [6.07, 6.45) is 5.55. The first-order chi connectivity index (χ1) is 20.2. The van der Waals surface area contributed by atoms with Crippen LogP contribution in [0.25, 0.3) is 0 Å². The van der Waals surface area contributed by atoms with Gasteiger partial charge in [-0.05, 0) is 38.0 Å². The number of carbonyl (C=O) groups is 3. The van der Waals surface area contributed by atoms with Gasteiger partial charge in [0.05, 0.1) is 38.8 Å². The number of carbonyl (C=O) groups excluding carboxylic acids is 3. The van der Waals surface area contributed by atoms with Gasteiger partial charge in [0.15, 0.2) is 0 Å². The molecule has 1 saturated heterocycles. The predicted molar refractivity (Wildman–Crippen MR) is 161 cm³/mol. The smallest absolute Gasteiger partial charge is 0.317 e. The Morgan fingerprint density at radius 1 is 1.17 bits per heavy atom. The fraction of sp³-hybridized carbons (Fsp3) is 0.710. The minimum atomic E-state index is -0.390. The lowest BCUT2D eigenvalue weighted by atomic mass is 9.96. The molecule has 1 aliphatic carbocycles. The number of aliphatic hydroxyl groups excluding tert-OH is 1. The van der Waals surface area contributed by atoms with Crippen molar-refractivity contribution in [3.63, 3.8) is 0 Å². The average molecular weight is 588 g/mol. The molecule has 0 radical (unpaired) electrons.